The number of hydrogen-bond acceptors (Lipinski definition) is 11. The van der Waals surface area contributed by atoms with Crippen LogP contribution in [0.3, 0.4) is 0 Å². The molecule has 0 N–H and O–H groups in total. The number of carbonyl (C=O) groups is 6. The molecule has 3 saturated carbocycles. The van der Waals surface area contributed by atoms with Crippen LogP contribution in [-0.2, 0) is 53.1 Å². The Balaban J connectivity index is 1.19. The Morgan fingerprint density at radius 3 is 2.21 bits per heavy atom. The number of rotatable bonds is 14. The minimum absolute atomic E-state index is 0.0687. The Labute approximate surface area is 331 Å². The monoisotopic (exact) mass is 778 g/mol. The van der Waals surface area contributed by atoms with Crippen molar-refractivity contribution in [2.75, 3.05) is 13.2 Å². The van der Waals surface area contributed by atoms with Crippen molar-refractivity contribution in [3.8, 4) is 5.75 Å². The zero-order valence-corrected chi connectivity index (χ0v) is 34.7. The quantitative estimate of drug-likeness (QED) is 0.103. The van der Waals surface area contributed by atoms with Gasteiger partial charge in [0.05, 0.1) is 6.42 Å². The van der Waals surface area contributed by atoms with Gasteiger partial charge in [0.2, 0.25) is 0 Å². The minimum atomic E-state index is -0.969. The highest BCUT2D eigenvalue weighted by Crippen LogP contribution is 2.62. The molecule has 0 amide bonds. The summed E-state index contributed by atoms with van der Waals surface area (Å²) in [6.07, 6.45) is 9.74. The molecule has 6 atom stereocenters. The third-order valence-electron chi connectivity index (χ3n) is 13.4. The summed E-state index contributed by atoms with van der Waals surface area (Å²) >= 11 is 0. The van der Waals surface area contributed by atoms with E-state index in [1.54, 1.807) is 6.07 Å². The van der Waals surface area contributed by atoms with Gasteiger partial charge in [0, 0.05) is 49.5 Å². The molecule has 5 rings (SSSR count). The predicted molar refractivity (Wildman–Crippen MR) is 207 cm³/mol. The van der Waals surface area contributed by atoms with Gasteiger partial charge in [-0.3, -0.25) is 28.8 Å². The molecule has 0 heterocycles. The highest BCUT2D eigenvalue weighted by atomic mass is 16.6. The van der Waals surface area contributed by atoms with Crippen molar-refractivity contribution in [2.24, 2.45) is 28.6 Å². The average molecular weight is 779 g/mol. The third-order valence-corrected chi connectivity index (χ3v) is 13.4. The van der Waals surface area contributed by atoms with Crippen LogP contribution >= 0.6 is 0 Å². The highest BCUT2D eigenvalue weighted by Gasteiger charge is 2.56. The van der Waals surface area contributed by atoms with Crippen molar-refractivity contribution >= 4 is 35.6 Å². The van der Waals surface area contributed by atoms with Crippen LogP contribution in [-0.4, -0.2) is 61.1 Å². The molecule has 11 heteroatoms. The van der Waals surface area contributed by atoms with Gasteiger partial charge in [0.25, 0.3) is 0 Å². The zero-order valence-electron chi connectivity index (χ0n) is 34.7. The fourth-order valence-corrected chi connectivity index (χ4v) is 10.6. The molecule has 56 heavy (non-hydrogen) atoms. The maximum absolute atomic E-state index is 13.9. The van der Waals surface area contributed by atoms with Gasteiger partial charge < -0.3 is 23.7 Å². The van der Waals surface area contributed by atoms with E-state index in [1.807, 2.05) is 39.8 Å². The Hall–Kier alpha value is -4.02. The number of ether oxygens (including phenoxy) is 5. The number of carbonyl (C=O) groups excluding carboxylic acids is 6. The number of hydrogen-bond donors (Lipinski definition) is 0. The second kappa shape index (κ2) is 17.6. The number of benzene rings is 1. The maximum atomic E-state index is 13.9. The number of fused-ring (bicyclic) bond motifs is 6. The summed E-state index contributed by atoms with van der Waals surface area (Å²) in [7, 11) is 0. The van der Waals surface area contributed by atoms with Gasteiger partial charge in [-0.25, -0.2) is 0 Å². The van der Waals surface area contributed by atoms with Gasteiger partial charge in [0.1, 0.15) is 25.1 Å². The standard InChI is InChI=1S/C45H62O11/c1-27-20-28(2)42(37(21-27)55-40(50)11-9-10-39(49)54-35(25-52-29(3)46)26-53-30(4)47)43(5,6)24-41(51)56-38-15-14-36-31-12-13-32-23-34(48)17-19-44(32,7)33(22-31)16-18-45(36,38)8/h20-21,23,31,33,35-36,38H,9-19,22,24-26H2,1-8H3/t31-,33+,36+,38+,44+,45+/m1/s1. The summed E-state index contributed by atoms with van der Waals surface area (Å²) in [5, 5.41) is 0. The van der Waals surface area contributed by atoms with Crippen LogP contribution in [0.2, 0.25) is 0 Å². The lowest BCUT2D eigenvalue weighted by molar-refractivity contribution is -0.165. The third kappa shape index (κ3) is 10.1. The first-order chi connectivity index (χ1) is 26.3. The van der Waals surface area contributed by atoms with E-state index in [2.05, 4.69) is 13.8 Å². The van der Waals surface area contributed by atoms with Crippen molar-refractivity contribution in [3.05, 3.63) is 40.5 Å². The summed E-state index contributed by atoms with van der Waals surface area (Å²) < 4.78 is 27.5. The summed E-state index contributed by atoms with van der Waals surface area (Å²) in [6.45, 7) is 14.4. The van der Waals surface area contributed by atoms with Crippen molar-refractivity contribution in [2.45, 2.75) is 156 Å². The molecule has 1 aromatic rings. The first-order valence-electron chi connectivity index (χ1n) is 20.5. The molecule has 0 aromatic heterocycles. The molecule has 0 spiro atoms. The van der Waals surface area contributed by atoms with Crippen molar-refractivity contribution in [3.63, 3.8) is 0 Å². The van der Waals surface area contributed by atoms with E-state index in [-0.39, 0.29) is 67.6 Å². The summed E-state index contributed by atoms with van der Waals surface area (Å²) in [5.41, 5.74) is 3.18. The lowest BCUT2D eigenvalue weighted by Gasteiger charge is -2.42. The molecule has 4 aliphatic carbocycles. The lowest BCUT2D eigenvalue weighted by Crippen LogP contribution is -2.39. The second-order valence-electron chi connectivity index (χ2n) is 18.1. The zero-order chi connectivity index (χ0) is 41.0. The van der Waals surface area contributed by atoms with Crippen LogP contribution in [0.5, 0.6) is 5.75 Å². The van der Waals surface area contributed by atoms with Crippen molar-refractivity contribution in [1.29, 1.82) is 0 Å². The van der Waals surface area contributed by atoms with Gasteiger partial charge in [-0.15, -0.1) is 0 Å². The highest BCUT2D eigenvalue weighted by molar-refractivity contribution is 5.91. The number of allylic oxidation sites excluding steroid dienone is 2. The lowest BCUT2D eigenvalue weighted by atomic mass is 9.63. The molecule has 11 nitrogen and oxygen atoms in total. The summed E-state index contributed by atoms with van der Waals surface area (Å²) in [6, 6.07) is 3.81. The fourth-order valence-electron chi connectivity index (χ4n) is 10.6. The molecule has 3 fully saturated rings. The Bertz CT molecular complexity index is 1710. The van der Waals surface area contributed by atoms with Crippen LogP contribution in [0, 0.1) is 42.4 Å². The van der Waals surface area contributed by atoms with Crippen LogP contribution in [0.4, 0.5) is 0 Å². The van der Waals surface area contributed by atoms with E-state index >= 15 is 0 Å². The molecule has 0 unspecified atom stereocenters. The average Bonchev–Trinajstić information content (AvgIpc) is 3.22. The van der Waals surface area contributed by atoms with Crippen molar-refractivity contribution < 1.29 is 52.5 Å². The summed E-state index contributed by atoms with van der Waals surface area (Å²) in [5.74, 6) is -0.336. The molecular formula is C45H62O11. The molecule has 1 aromatic carbocycles. The minimum Gasteiger partial charge on any atom is -0.462 e. The van der Waals surface area contributed by atoms with E-state index in [1.165, 1.54) is 25.8 Å². The molecule has 308 valence electrons. The van der Waals surface area contributed by atoms with Gasteiger partial charge in [-0.05, 0) is 118 Å². The largest absolute Gasteiger partial charge is 0.462 e. The van der Waals surface area contributed by atoms with E-state index in [9.17, 15) is 28.8 Å². The number of aryl methyl sites for hydroxylation is 2. The first-order valence-corrected chi connectivity index (χ1v) is 20.5. The fraction of sp³-hybridized carbons (Fsp3) is 0.689. The predicted octanol–water partition coefficient (Wildman–Crippen LogP) is 7.92. The molecule has 0 saturated heterocycles. The SMILES string of the molecule is CC(=O)OCC(COC(C)=O)OC(=O)CCCC(=O)Oc1cc(C)cc(C)c1C(C)(C)CC(=O)O[C@H]1CC[C@H]2[C@@H]3CCC4=CC(=O)CC[C@]4(C)[C@@H](CC[C@]12C)C3. The van der Waals surface area contributed by atoms with Crippen LogP contribution in [0.15, 0.2) is 23.8 Å². The number of ketones is 1. The smallest absolute Gasteiger partial charge is 0.311 e. The van der Waals surface area contributed by atoms with Gasteiger partial charge in [0.15, 0.2) is 11.9 Å². The van der Waals surface area contributed by atoms with E-state index in [0.29, 0.717) is 29.9 Å². The van der Waals surface area contributed by atoms with E-state index in [4.69, 9.17) is 23.7 Å². The Kier molecular flexibility index (Phi) is 13.6. The van der Waals surface area contributed by atoms with Gasteiger partial charge in [-0.2, -0.15) is 0 Å². The van der Waals surface area contributed by atoms with Gasteiger partial charge >= 0.3 is 29.8 Å². The second-order valence-corrected chi connectivity index (χ2v) is 18.1. The van der Waals surface area contributed by atoms with Crippen molar-refractivity contribution in [1.82, 2.24) is 0 Å². The molecule has 0 radical (unpaired) electrons. The van der Waals surface area contributed by atoms with E-state index in [0.717, 1.165) is 61.6 Å². The topological polar surface area (TPSA) is 149 Å². The van der Waals surface area contributed by atoms with Crippen LogP contribution in [0.25, 0.3) is 0 Å². The Morgan fingerprint density at radius 2 is 1.54 bits per heavy atom. The van der Waals surface area contributed by atoms with Crippen LogP contribution < -0.4 is 4.74 Å². The first kappa shape index (κ1) is 43.1. The molecule has 0 aliphatic heterocycles. The Morgan fingerprint density at radius 1 is 0.857 bits per heavy atom. The molecule has 4 aliphatic rings. The molecule has 2 bridgehead atoms. The summed E-state index contributed by atoms with van der Waals surface area (Å²) in [4.78, 5) is 74.4. The maximum Gasteiger partial charge on any atom is 0.311 e. The normalized spacial score (nSPS) is 27.2. The van der Waals surface area contributed by atoms with E-state index < -0.39 is 35.4 Å². The van der Waals surface area contributed by atoms with Gasteiger partial charge in [-0.1, -0.05) is 39.3 Å². The van der Waals surface area contributed by atoms with Crippen LogP contribution in [0.1, 0.15) is 142 Å². The number of esters is 5. The molecular weight excluding hydrogens is 716 g/mol.